The highest BCUT2D eigenvalue weighted by Gasteiger charge is 2.37. The number of carboxylic acids is 1. The Morgan fingerprint density at radius 3 is 2.28 bits per heavy atom. The lowest BCUT2D eigenvalue weighted by Gasteiger charge is -2.34. The van der Waals surface area contributed by atoms with E-state index >= 15 is 4.79 Å². The normalized spacial score (nSPS) is 16.5. The van der Waals surface area contributed by atoms with E-state index in [2.05, 4.69) is 28.3 Å². The van der Waals surface area contributed by atoms with Gasteiger partial charge >= 0.3 is 5.97 Å². The average Bonchev–Trinajstić information content (AvgIpc) is 3.69. The van der Waals surface area contributed by atoms with Crippen molar-refractivity contribution in [2.45, 2.75) is 60.0 Å². The Bertz CT molecular complexity index is 2580. The minimum Gasteiger partial charge on any atom is -0.494 e. The predicted octanol–water partition coefficient (Wildman–Crippen LogP) is 8.81. The molecule has 3 aromatic heterocycles. The number of likely N-dealkylation sites (N-methyl/N-ethyl adjacent to an activating group) is 1. The Morgan fingerprint density at radius 1 is 0.914 bits per heavy atom. The number of aromatic nitrogens is 4. The van der Waals surface area contributed by atoms with Gasteiger partial charge in [0.15, 0.2) is 0 Å². The number of benzene rings is 3. The molecule has 1 unspecified atom stereocenters. The van der Waals surface area contributed by atoms with Crippen LogP contribution in [-0.4, -0.2) is 92.3 Å². The highest BCUT2D eigenvalue weighted by Crippen LogP contribution is 2.45. The van der Waals surface area contributed by atoms with E-state index in [1.165, 1.54) is 0 Å². The van der Waals surface area contributed by atoms with E-state index in [0.717, 1.165) is 98.4 Å². The van der Waals surface area contributed by atoms with Gasteiger partial charge in [-0.3, -0.25) is 9.69 Å². The van der Waals surface area contributed by atoms with Crippen LogP contribution in [0.25, 0.3) is 32.9 Å². The van der Waals surface area contributed by atoms with Crippen LogP contribution in [0.15, 0.2) is 48.7 Å². The number of aromatic carboxylic acids is 1. The van der Waals surface area contributed by atoms with E-state index in [1.54, 1.807) is 23.1 Å². The zero-order chi connectivity index (χ0) is 41.2. The summed E-state index contributed by atoms with van der Waals surface area (Å²) < 4.78 is 10.4. The van der Waals surface area contributed by atoms with E-state index in [9.17, 15) is 9.90 Å². The largest absolute Gasteiger partial charge is 0.494 e. The topological polar surface area (TPSA) is 109 Å². The molecule has 13 heteroatoms. The van der Waals surface area contributed by atoms with Crippen molar-refractivity contribution < 1.29 is 19.4 Å². The third-order valence-electron chi connectivity index (χ3n) is 11.8. The molecule has 11 nitrogen and oxygen atoms in total. The van der Waals surface area contributed by atoms with Crippen molar-refractivity contribution in [3.05, 3.63) is 104 Å². The maximum absolute atomic E-state index is 15.2. The number of carboxylic acid groups (broad SMARTS) is 1. The van der Waals surface area contributed by atoms with Crippen LogP contribution in [0.2, 0.25) is 10.0 Å². The molecule has 302 valence electrons. The second-order valence-electron chi connectivity index (χ2n) is 16.0. The third-order valence-corrected chi connectivity index (χ3v) is 12.8. The minimum atomic E-state index is -1.02. The molecule has 0 aliphatic carbocycles. The fraction of sp³-hybridized carbons (Fsp3) is 0.378. The highest BCUT2D eigenvalue weighted by molar-refractivity contribution is 6.35. The summed E-state index contributed by atoms with van der Waals surface area (Å²) in [5.41, 5.74) is 9.35. The lowest BCUT2D eigenvalue weighted by atomic mass is 9.97. The Labute approximate surface area is 348 Å². The van der Waals surface area contributed by atoms with Gasteiger partial charge in [0.2, 0.25) is 0 Å². The van der Waals surface area contributed by atoms with Crippen LogP contribution in [0.5, 0.6) is 5.75 Å². The van der Waals surface area contributed by atoms with Gasteiger partial charge in [-0.1, -0.05) is 29.3 Å². The van der Waals surface area contributed by atoms with Crippen LogP contribution in [0.3, 0.4) is 0 Å². The summed E-state index contributed by atoms with van der Waals surface area (Å²) in [6, 6.07) is 12.7. The number of carbonyl (C=O) groups excluding carboxylic acids is 1. The monoisotopic (exact) mass is 821 g/mol. The van der Waals surface area contributed by atoms with Gasteiger partial charge in [-0.2, -0.15) is 0 Å². The molecule has 0 spiro atoms. The van der Waals surface area contributed by atoms with Crippen LogP contribution in [0.4, 0.5) is 5.69 Å². The fourth-order valence-electron chi connectivity index (χ4n) is 8.95. The van der Waals surface area contributed by atoms with E-state index in [-0.39, 0.29) is 17.5 Å². The SMILES string of the molecule is Cc1cc(OCCCc2c3n(c4c(-c5c(C)nc(CN6CCN(C)CC6)nc5C)c(Cl)ccc24)C(C)CN(c2cn(C)c4ccc(C(=O)O)cc24)C3=O)cc(C)c1Cl. The molecular weight excluding hydrogens is 773 g/mol. The Hall–Kier alpha value is -4.94. The first-order valence-electron chi connectivity index (χ1n) is 19.9. The molecule has 1 fully saturated rings. The molecule has 2 aliphatic heterocycles. The van der Waals surface area contributed by atoms with Crippen LogP contribution >= 0.6 is 23.2 Å². The van der Waals surface area contributed by atoms with E-state index in [4.69, 9.17) is 37.9 Å². The van der Waals surface area contributed by atoms with Crippen molar-refractivity contribution in [2.75, 3.05) is 51.3 Å². The first kappa shape index (κ1) is 39.9. The molecule has 1 saturated heterocycles. The quantitative estimate of drug-likeness (QED) is 0.137. The number of halogens is 2. The summed E-state index contributed by atoms with van der Waals surface area (Å²) >= 11 is 13.7. The summed E-state index contributed by atoms with van der Waals surface area (Å²) in [5, 5.41) is 12.8. The molecule has 3 aromatic carbocycles. The van der Waals surface area contributed by atoms with Crippen LogP contribution in [-0.2, 0) is 20.0 Å². The number of nitrogens with zero attached hydrogens (tertiary/aromatic N) is 7. The number of ether oxygens (including phenoxy) is 1. The average molecular weight is 823 g/mol. The van der Waals surface area contributed by atoms with Gasteiger partial charge < -0.3 is 28.8 Å². The Kier molecular flexibility index (Phi) is 10.8. The van der Waals surface area contributed by atoms with Gasteiger partial charge in [0, 0.05) is 95.8 Å². The first-order chi connectivity index (χ1) is 27.7. The number of hydrogen-bond donors (Lipinski definition) is 1. The molecule has 1 amide bonds. The van der Waals surface area contributed by atoms with Gasteiger partial charge in [-0.25, -0.2) is 14.8 Å². The molecule has 8 rings (SSSR count). The van der Waals surface area contributed by atoms with Gasteiger partial charge in [0.1, 0.15) is 17.3 Å². The standard InChI is InChI=1S/C45H49Cl2N7O4/c1-25-19-31(20-26(2)41(25)47)58-18-8-9-32-33-11-12-35(46)40(39-28(4)48-38(49-29(39)5)24-52-16-14-50(6)15-17-52)42(33)54-27(3)22-53(44(55)43(32)54)37-23-51(7)36-13-10-30(45(56)57)21-34(36)37/h10-13,19-21,23,27H,8-9,14-18,22,24H2,1-7H3,(H,56,57). The van der Waals surface area contributed by atoms with Crippen LogP contribution in [0.1, 0.15) is 74.1 Å². The summed E-state index contributed by atoms with van der Waals surface area (Å²) in [6.07, 6.45) is 3.12. The number of hydrogen-bond acceptors (Lipinski definition) is 7. The molecule has 1 atom stereocenters. The Balaban J connectivity index is 1.24. The summed E-state index contributed by atoms with van der Waals surface area (Å²) in [5.74, 6) is 0.370. The lowest BCUT2D eigenvalue weighted by Crippen LogP contribution is -2.44. The van der Waals surface area contributed by atoms with E-state index < -0.39 is 5.97 Å². The second-order valence-corrected chi connectivity index (χ2v) is 16.8. The molecule has 5 heterocycles. The van der Waals surface area contributed by atoms with Crippen LogP contribution in [0, 0.1) is 27.7 Å². The van der Waals surface area contributed by atoms with Gasteiger partial charge in [-0.15, -0.1) is 0 Å². The van der Waals surface area contributed by atoms with Crippen molar-refractivity contribution in [1.29, 1.82) is 0 Å². The summed E-state index contributed by atoms with van der Waals surface area (Å²) in [4.78, 5) is 43.9. The maximum atomic E-state index is 15.2. The molecule has 0 saturated carbocycles. The van der Waals surface area contributed by atoms with Crippen molar-refractivity contribution in [3.63, 3.8) is 0 Å². The molecule has 6 aromatic rings. The molecule has 0 radical (unpaired) electrons. The number of carbonyl (C=O) groups is 2. The molecular formula is C45H49Cl2N7O4. The number of fused-ring (bicyclic) bond motifs is 4. The van der Waals surface area contributed by atoms with Gasteiger partial charge in [0.25, 0.3) is 5.91 Å². The van der Waals surface area contributed by atoms with Crippen molar-refractivity contribution in [3.8, 4) is 16.9 Å². The number of anilines is 1. The van der Waals surface area contributed by atoms with E-state index in [1.807, 2.05) is 69.8 Å². The fourth-order valence-corrected chi connectivity index (χ4v) is 9.30. The number of aryl methyl sites for hydroxylation is 6. The van der Waals surface area contributed by atoms with Crippen molar-refractivity contribution in [2.24, 2.45) is 7.05 Å². The molecule has 58 heavy (non-hydrogen) atoms. The molecule has 2 aliphatic rings. The second kappa shape index (κ2) is 15.7. The predicted molar refractivity (Wildman–Crippen MR) is 231 cm³/mol. The summed E-state index contributed by atoms with van der Waals surface area (Å²) in [7, 11) is 4.06. The first-order valence-corrected chi connectivity index (χ1v) is 20.6. The zero-order valence-electron chi connectivity index (χ0n) is 34.1. The smallest absolute Gasteiger partial charge is 0.335 e. The minimum absolute atomic E-state index is 0.156. The van der Waals surface area contributed by atoms with Crippen molar-refractivity contribution in [1.82, 2.24) is 28.9 Å². The highest BCUT2D eigenvalue weighted by atomic mass is 35.5. The lowest BCUT2D eigenvalue weighted by molar-refractivity contribution is 0.0696. The number of piperazine rings is 1. The maximum Gasteiger partial charge on any atom is 0.335 e. The van der Waals surface area contributed by atoms with Crippen molar-refractivity contribution >= 4 is 62.6 Å². The van der Waals surface area contributed by atoms with Gasteiger partial charge in [0.05, 0.1) is 34.9 Å². The summed E-state index contributed by atoms with van der Waals surface area (Å²) in [6.45, 7) is 15.5. The van der Waals surface area contributed by atoms with Crippen LogP contribution < -0.4 is 9.64 Å². The molecule has 0 bridgehead atoms. The van der Waals surface area contributed by atoms with Gasteiger partial charge in [-0.05, 0) is 108 Å². The number of rotatable bonds is 10. The Morgan fingerprint density at radius 2 is 1.60 bits per heavy atom. The van der Waals surface area contributed by atoms with E-state index in [0.29, 0.717) is 54.3 Å². The third kappa shape index (κ3) is 7.12. The number of amides is 1. The zero-order valence-corrected chi connectivity index (χ0v) is 35.6. The molecule has 1 N–H and O–H groups in total.